The van der Waals surface area contributed by atoms with Crippen LogP contribution < -0.4 is 10.6 Å². The van der Waals surface area contributed by atoms with Gasteiger partial charge in [0.15, 0.2) is 0 Å². The maximum Gasteiger partial charge on any atom is 0.317 e. The molecule has 1 fully saturated rings. The molecule has 0 bridgehead atoms. The van der Waals surface area contributed by atoms with E-state index in [-0.39, 0.29) is 52.1 Å². The Morgan fingerprint density at radius 2 is 1.34 bits per heavy atom. The molecule has 1 rings (SSSR count). The number of aldehydes is 1. The van der Waals surface area contributed by atoms with Gasteiger partial charge in [-0.2, -0.15) is 0 Å². The van der Waals surface area contributed by atoms with Gasteiger partial charge in [-0.05, 0) is 0 Å². The number of carboxylic acid groups (broad SMARTS) is 2. The van der Waals surface area contributed by atoms with Crippen molar-refractivity contribution in [2.24, 2.45) is 0 Å². The second-order valence-corrected chi connectivity index (χ2v) is 7.62. The number of aliphatic carboxylic acids is 2. The van der Waals surface area contributed by atoms with Gasteiger partial charge < -0.3 is 30.7 Å². The Balaban J connectivity index is 0.00000466. The standard InChI is InChI=1S/C18H34N6O6.CH4O/c1-15(2)19-3-4-20-16(26)9-21-5-6-22(10-17(27)28)13-24(11-18(29)30)14-23(12-21)7-8-25;1-2/h8,15,19H,3-7,9-14H2,1-2H3,(H,20,26)(H,27,28)(H,29,30);2H,1H3. The number of carboxylic acids is 2. The smallest absolute Gasteiger partial charge is 0.317 e. The Kier molecular flexibility index (Phi) is 16.2. The van der Waals surface area contributed by atoms with E-state index in [1.807, 2.05) is 18.7 Å². The molecule has 186 valence electrons. The molecule has 0 atom stereocenters. The molecular formula is C19H38N6O7. The Labute approximate surface area is 188 Å². The normalized spacial score (nSPS) is 16.9. The second-order valence-electron chi connectivity index (χ2n) is 7.62. The number of nitrogens with zero attached hydrogens (tertiary/aromatic N) is 4. The lowest BCUT2D eigenvalue weighted by Gasteiger charge is -2.31. The van der Waals surface area contributed by atoms with Crippen molar-refractivity contribution >= 4 is 24.1 Å². The molecule has 1 amide bonds. The molecule has 0 aliphatic carbocycles. The van der Waals surface area contributed by atoms with E-state index in [2.05, 4.69) is 10.6 Å². The third kappa shape index (κ3) is 14.8. The fraction of sp³-hybridized carbons (Fsp3) is 0.789. The molecule has 0 spiro atoms. The maximum atomic E-state index is 12.3. The Bertz CT molecular complexity index is 578. The van der Waals surface area contributed by atoms with Crippen LogP contribution in [0.5, 0.6) is 0 Å². The molecule has 32 heavy (non-hydrogen) atoms. The van der Waals surface area contributed by atoms with Crippen LogP contribution in [-0.2, 0) is 19.2 Å². The van der Waals surface area contributed by atoms with Crippen molar-refractivity contribution in [2.45, 2.75) is 19.9 Å². The highest BCUT2D eigenvalue weighted by molar-refractivity contribution is 5.78. The van der Waals surface area contributed by atoms with Gasteiger partial charge in [-0.15, -0.1) is 0 Å². The molecule has 0 radical (unpaired) electrons. The van der Waals surface area contributed by atoms with E-state index < -0.39 is 11.9 Å². The van der Waals surface area contributed by atoms with Gasteiger partial charge in [-0.1, -0.05) is 13.8 Å². The Morgan fingerprint density at radius 3 is 1.88 bits per heavy atom. The van der Waals surface area contributed by atoms with Gasteiger partial charge >= 0.3 is 11.9 Å². The van der Waals surface area contributed by atoms with Gasteiger partial charge in [0.05, 0.1) is 46.2 Å². The summed E-state index contributed by atoms with van der Waals surface area (Å²) in [5.41, 5.74) is 0. The monoisotopic (exact) mass is 462 g/mol. The quantitative estimate of drug-likeness (QED) is 0.149. The SMILES string of the molecule is CC(C)NCCNC(=O)CN1CCN(CC(=O)O)CN(CC(=O)O)CN(CC=O)C1.CO. The molecule has 1 aliphatic rings. The minimum Gasteiger partial charge on any atom is -0.480 e. The van der Waals surface area contributed by atoms with E-state index in [4.69, 9.17) is 15.3 Å². The Morgan fingerprint density at radius 1 is 0.844 bits per heavy atom. The minimum atomic E-state index is -1.04. The van der Waals surface area contributed by atoms with Gasteiger partial charge in [0.1, 0.15) is 6.29 Å². The number of carbonyl (C=O) groups is 4. The zero-order valence-electron chi connectivity index (χ0n) is 19.2. The number of rotatable bonds is 12. The van der Waals surface area contributed by atoms with Crippen LogP contribution in [-0.4, -0.2) is 145 Å². The summed E-state index contributed by atoms with van der Waals surface area (Å²) in [5.74, 6) is -2.23. The van der Waals surface area contributed by atoms with Gasteiger partial charge in [-0.25, -0.2) is 0 Å². The number of amides is 1. The number of carbonyl (C=O) groups excluding carboxylic acids is 2. The third-order valence-electron chi connectivity index (χ3n) is 4.35. The van der Waals surface area contributed by atoms with Gasteiger partial charge in [0, 0.05) is 39.3 Å². The van der Waals surface area contributed by atoms with E-state index in [1.165, 1.54) is 0 Å². The van der Waals surface area contributed by atoms with Crippen molar-refractivity contribution in [1.29, 1.82) is 0 Å². The van der Waals surface area contributed by atoms with Crippen molar-refractivity contribution in [1.82, 2.24) is 30.2 Å². The van der Waals surface area contributed by atoms with E-state index >= 15 is 0 Å². The molecule has 13 heteroatoms. The van der Waals surface area contributed by atoms with Crippen LogP contribution in [0.15, 0.2) is 0 Å². The van der Waals surface area contributed by atoms with Crippen LogP contribution >= 0.6 is 0 Å². The van der Waals surface area contributed by atoms with E-state index in [0.717, 1.165) is 13.4 Å². The predicted octanol–water partition coefficient (Wildman–Crippen LogP) is -2.83. The lowest BCUT2D eigenvalue weighted by Crippen LogP contribution is -2.48. The Hall–Kier alpha value is -2.16. The van der Waals surface area contributed by atoms with Crippen LogP contribution in [0.4, 0.5) is 0 Å². The number of nitrogens with one attached hydrogen (secondary N) is 2. The zero-order valence-corrected chi connectivity index (χ0v) is 19.2. The molecule has 5 N–H and O–H groups in total. The summed E-state index contributed by atoms with van der Waals surface area (Å²) in [5, 5.41) is 31.4. The molecule has 1 saturated heterocycles. The fourth-order valence-electron chi connectivity index (χ4n) is 3.15. The van der Waals surface area contributed by atoms with Gasteiger partial charge in [0.25, 0.3) is 0 Å². The summed E-state index contributed by atoms with van der Waals surface area (Å²) >= 11 is 0. The first-order chi connectivity index (χ1) is 15.2. The summed E-state index contributed by atoms with van der Waals surface area (Å²) in [6.07, 6.45) is 0.724. The summed E-state index contributed by atoms with van der Waals surface area (Å²) in [4.78, 5) is 52.5. The summed E-state index contributed by atoms with van der Waals surface area (Å²) in [7, 11) is 1.00. The van der Waals surface area contributed by atoms with Crippen molar-refractivity contribution in [2.75, 3.05) is 79.5 Å². The third-order valence-corrected chi connectivity index (χ3v) is 4.35. The number of aliphatic hydroxyl groups excluding tert-OH is 1. The van der Waals surface area contributed by atoms with Crippen molar-refractivity contribution in [3.63, 3.8) is 0 Å². The molecule has 0 unspecified atom stereocenters. The zero-order chi connectivity index (χ0) is 24.5. The number of hydrogen-bond acceptors (Lipinski definition) is 10. The average molecular weight is 463 g/mol. The molecule has 0 aromatic heterocycles. The minimum absolute atomic E-state index is 0.0749. The predicted molar refractivity (Wildman–Crippen MR) is 117 cm³/mol. The van der Waals surface area contributed by atoms with Crippen molar-refractivity contribution in [3.05, 3.63) is 0 Å². The number of hydrogen-bond donors (Lipinski definition) is 5. The van der Waals surface area contributed by atoms with Gasteiger partial charge in [-0.3, -0.25) is 34.0 Å². The lowest BCUT2D eigenvalue weighted by atomic mass is 10.4. The van der Waals surface area contributed by atoms with E-state index in [1.54, 1.807) is 14.7 Å². The first kappa shape index (κ1) is 29.8. The van der Waals surface area contributed by atoms with Crippen molar-refractivity contribution in [3.8, 4) is 0 Å². The largest absolute Gasteiger partial charge is 0.480 e. The van der Waals surface area contributed by atoms with Gasteiger partial charge in [0.2, 0.25) is 5.91 Å². The summed E-state index contributed by atoms with van der Waals surface area (Å²) in [6.45, 7) is 6.15. The first-order valence-corrected chi connectivity index (χ1v) is 10.4. The molecule has 13 nitrogen and oxygen atoms in total. The molecule has 0 saturated carbocycles. The highest BCUT2D eigenvalue weighted by Gasteiger charge is 2.24. The van der Waals surface area contributed by atoms with Crippen LogP contribution in [0.25, 0.3) is 0 Å². The topological polar surface area (TPSA) is 166 Å². The average Bonchev–Trinajstić information content (AvgIpc) is 2.76. The second kappa shape index (κ2) is 17.4. The molecule has 0 aromatic rings. The van der Waals surface area contributed by atoms with Crippen molar-refractivity contribution < 1.29 is 34.5 Å². The number of aliphatic hydroxyl groups is 1. The maximum absolute atomic E-state index is 12.3. The molecular weight excluding hydrogens is 424 g/mol. The molecule has 1 heterocycles. The van der Waals surface area contributed by atoms with E-state index in [0.29, 0.717) is 32.2 Å². The van der Waals surface area contributed by atoms with Crippen LogP contribution in [0.3, 0.4) is 0 Å². The molecule has 1 aliphatic heterocycles. The van der Waals surface area contributed by atoms with Crippen LogP contribution in [0.2, 0.25) is 0 Å². The van der Waals surface area contributed by atoms with Crippen LogP contribution in [0.1, 0.15) is 13.8 Å². The molecule has 0 aromatic carbocycles. The fourth-order valence-corrected chi connectivity index (χ4v) is 3.15. The summed E-state index contributed by atoms with van der Waals surface area (Å²) in [6, 6.07) is 0.325. The highest BCUT2D eigenvalue weighted by atomic mass is 16.4. The summed E-state index contributed by atoms with van der Waals surface area (Å²) < 4.78 is 0. The van der Waals surface area contributed by atoms with E-state index in [9.17, 15) is 19.2 Å². The van der Waals surface area contributed by atoms with Crippen LogP contribution in [0, 0.1) is 0 Å². The highest BCUT2D eigenvalue weighted by Crippen LogP contribution is 2.05. The lowest BCUT2D eigenvalue weighted by molar-refractivity contribution is -0.140. The first-order valence-electron chi connectivity index (χ1n) is 10.4.